The number of aliphatic carboxylic acids is 1. The molecule has 0 bridgehead atoms. The second kappa shape index (κ2) is 5.28. The first-order chi connectivity index (χ1) is 10.4. The third-order valence-electron chi connectivity index (χ3n) is 4.15. The number of thiophene rings is 1. The molecule has 1 aliphatic rings. The van der Waals surface area contributed by atoms with E-state index in [-0.39, 0.29) is 5.91 Å². The fourth-order valence-corrected chi connectivity index (χ4v) is 3.71. The Labute approximate surface area is 132 Å². The van der Waals surface area contributed by atoms with Crippen LogP contribution in [0.4, 0.5) is 0 Å². The molecule has 1 aliphatic heterocycles. The van der Waals surface area contributed by atoms with Crippen molar-refractivity contribution >= 4 is 23.2 Å². The molecule has 0 radical (unpaired) electrons. The minimum Gasteiger partial charge on any atom is -0.480 e. The molecule has 1 atom stereocenters. The Hall–Kier alpha value is -2.08. The fraction of sp³-hybridized carbons (Fsp3) is 0.375. The molecule has 116 valence electrons. The first kappa shape index (κ1) is 14.8. The van der Waals surface area contributed by atoms with E-state index >= 15 is 0 Å². The Morgan fingerprint density at radius 2 is 2.09 bits per heavy atom. The first-order valence-electron chi connectivity index (χ1n) is 7.14. The summed E-state index contributed by atoms with van der Waals surface area (Å²) in [4.78, 5) is 27.0. The van der Waals surface area contributed by atoms with E-state index in [4.69, 9.17) is 4.42 Å². The van der Waals surface area contributed by atoms with Crippen molar-refractivity contribution in [1.82, 2.24) is 4.90 Å². The summed E-state index contributed by atoms with van der Waals surface area (Å²) in [5, 5.41) is 9.42. The van der Waals surface area contributed by atoms with Crippen LogP contribution in [-0.2, 0) is 4.79 Å². The van der Waals surface area contributed by atoms with E-state index in [2.05, 4.69) is 0 Å². The van der Waals surface area contributed by atoms with Crippen molar-refractivity contribution in [2.75, 3.05) is 6.54 Å². The molecule has 1 amide bonds. The van der Waals surface area contributed by atoms with Crippen LogP contribution >= 0.6 is 11.3 Å². The number of rotatable bonds is 3. The zero-order valence-corrected chi connectivity index (χ0v) is 13.3. The summed E-state index contributed by atoms with van der Waals surface area (Å²) in [5.74, 6) is 0.372. The number of carboxylic acid groups (broad SMARTS) is 1. The Morgan fingerprint density at radius 3 is 2.73 bits per heavy atom. The van der Waals surface area contributed by atoms with E-state index in [9.17, 15) is 14.7 Å². The van der Waals surface area contributed by atoms with Gasteiger partial charge < -0.3 is 14.4 Å². The van der Waals surface area contributed by atoms with Crippen LogP contribution in [-0.4, -0.2) is 34.0 Å². The molecule has 3 heterocycles. The molecule has 0 aliphatic carbocycles. The molecule has 0 saturated carbocycles. The number of hydrogen-bond acceptors (Lipinski definition) is 4. The molecular weight excluding hydrogens is 302 g/mol. The predicted octanol–water partition coefficient (Wildman–Crippen LogP) is 3.40. The van der Waals surface area contributed by atoms with Gasteiger partial charge in [0.15, 0.2) is 0 Å². The molecule has 3 rings (SSSR count). The van der Waals surface area contributed by atoms with Gasteiger partial charge in [0.25, 0.3) is 5.91 Å². The van der Waals surface area contributed by atoms with Crippen LogP contribution in [0.2, 0.25) is 0 Å². The number of hydrogen-bond donors (Lipinski definition) is 1. The van der Waals surface area contributed by atoms with Gasteiger partial charge in [0.1, 0.15) is 17.1 Å². The van der Waals surface area contributed by atoms with Crippen molar-refractivity contribution in [3.8, 4) is 10.6 Å². The summed E-state index contributed by atoms with van der Waals surface area (Å²) < 4.78 is 5.56. The normalized spacial score (nSPS) is 21.3. The lowest BCUT2D eigenvalue weighted by Gasteiger charge is -2.30. The second-order valence-corrected chi connectivity index (χ2v) is 6.80. The molecule has 0 spiro atoms. The van der Waals surface area contributed by atoms with Crippen LogP contribution in [0.1, 0.15) is 35.2 Å². The SMILES string of the molecule is Cc1ccc(-c2ccc(C(=O)N3CCCC3(C)C(=O)O)s2)o1. The van der Waals surface area contributed by atoms with E-state index < -0.39 is 11.5 Å². The molecule has 1 unspecified atom stereocenters. The van der Waals surface area contributed by atoms with Gasteiger partial charge >= 0.3 is 5.97 Å². The Balaban J connectivity index is 1.87. The third kappa shape index (κ3) is 2.33. The minimum atomic E-state index is -1.11. The number of aryl methyl sites for hydroxylation is 1. The van der Waals surface area contributed by atoms with Gasteiger partial charge in [-0.25, -0.2) is 4.79 Å². The number of nitrogens with zero attached hydrogens (tertiary/aromatic N) is 1. The average molecular weight is 319 g/mol. The standard InChI is InChI=1S/C16H17NO4S/c1-10-4-5-11(21-10)12-6-7-13(22-12)14(18)17-9-3-8-16(17,2)15(19)20/h4-7H,3,8-9H2,1-2H3,(H,19,20). The van der Waals surface area contributed by atoms with E-state index in [1.54, 1.807) is 13.0 Å². The number of furan rings is 1. The molecular formula is C16H17NO4S. The smallest absolute Gasteiger partial charge is 0.329 e. The Morgan fingerprint density at radius 1 is 1.32 bits per heavy atom. The summed E-state index contributed by atoms with van der Waals surface area (Å²) in [7, 11) is 0. The van der Waals surface area contributed by atoms with Gasteiger partial charge in [0.2, 0.25) is 0 Å². The van der Waals surface area contributed by atoms with Crippen molar-refractivity contribution in [3.05, 3.63) is 34.9 Å². The largest absolute Gasteiger partial charge is 0.480 e. The lowest BCUT2D eigenvalue weighted by Crippen LogP contribution is -2.50. The minimum absolute atomic E-state index is 0.220. The van der Waals surface area contributed by atoms with Crippen LogP contribution < -0.4 is 0 Å². The number of carboxylic acids is 1. The summed E-state index contributed by atoms with van der Waals surface area (Å²) in [6, 6.07) is 7.32. The maximum absolute atomic E-state index is 12.7. The molecule has 0 aromatic carbocycles. The van der Waals surface area contributed by atoms with Gasteiger partial charge in [-0.1, -0.05) is 0 Å². The summed E-state index contributed by atoms with van der Waals surface area (Å²) in [6.45, 7) is 3.96. The second-order valence-electron chi connectivity index (χ2n) is 5.71. The molecule has 1 saturated heterocycles. The van der Waals surface area contributed by atoms with Gasteiger partial charge in [-0.05, 0) is 51.0 Å². The zero-order chi connectivity index (χ0) is 15.9. The van der Waals surface area contributed by atoms with Gasteiger partial charge in [-0.2, -0.15) is 0 Å². The summed E-state index contributed by atoms with van der Waals surface area (Å²) in [5.41, 5.74) is -1.11. The Kier molecular flexibility index (Phi) is 3.56. The van der Waals surface area contributed by atoms with Crippen molar-refractivity contribution in [2.45, 2.75) is 32.2 Å². The average Bonchev–Trinajstić information content (AvgIpc) is 3.17. The first-order valence-corrected chi connectivity index (χ1v) is 7.95. The molecule has 5 nitrogen and oxygen atoms in total. The van der Waals surface area contributed by atoms with Gasteiger partial charge in [0.05, 0.1) is 9.75 Å². The van der Waals surface area contributed by atoms with Crippen LogP contribution in [0, 0.1) is 6.92 Å². The van der Waals surface area contributed by atoms with E-state index in [1.165, 1.54) is 16.2 Å². The Bertz CT molecular complexity index is 732. The van der Waals surface area contributed by atoms with Gasteiger partial charge in [0, 0.05) is 6.54 Å². The number of carbonyl (C=O) groups is 2. The summed E-state index contributed by atoms with van der Waals surface area (Å²) in [6.07, 6.45) is 1.20. The highest BCUT2D eigenvalue weighted by Crippen LogP contribution is 2.34. The van der Waals surface area contributed by atoms with E-state index in [1.807, 2.05) is 25.1 Å². The molecule has 1 fully saturated rings. The van der Waals surface area contributed by atoms with Crippen molar-refractivity contribution in [2.24, 2.45) is 0 Å². The van der Waals surface area contributed by atoms with Gasteiger partial charge in [-0.3, -0.25) is 4.79 Å². The van der Waals surface area contributed by atoms with Crippen LogP contribution in [0.15, 0.2) is 28.7 Å². The topological polar surface area (TPSA) is 70.8 Å². The fourth-order valence-electron chi connectivity index (χ4n) is 2.80. The number of carbonyl (C=O) groups excluding carboxylic acids is 1. The van der Waals surface area contributed by atoms with Crippen LogP contribution in [0.3, 0.4) is 0 Å². The highest BCUT2D eigenvalue weighted by Gasteiger charge is 2.46. The molecule has 2 aromatic rings. The van der Waals surface area contributed by atoms with Crippen molar-refractivity contribution in [1.29, 1.82) is 0 Å². The third-order valence-corrected chi connectivity index (χ3v) is 5.23. The highest BCUT2D eigenvalue weighted by atomic mass is 32.1. The maximum atomic E-state index is 12.7. The molecule has 6 heteroatoms. The number of likely N-dealkylation sites (tertiary alicyclic amines) is 1. The maximum Gasteiger partial charge on any atom is 0.329 e. The van der Waals surface area contributed by atoms with Crippen LogP contribution in [0.25, 0.3) is 10.6 Å². The highest BCUT2D eigenvalue weighted by molar-refractivity contribution is 7.17. The quantitative estimate of drug-likeness (QED) is 0.941. The monoisotopic (exact) mass is 319 g/mol. The molecule has 1 N–H and O–H groups in total. The molecule has 22 heavy (non-hydrogen) atoms. The van der Waals surface area contributed by atoms with Crippen molar-refractivity contribution < 1.29 is 19.1 Å². The lowest BCUT2D eigenvalue weighted by atomic mass is 9.99. The van der Waals surface area contributed by atoms with E-state index in [0.29, 0.717) is 24.3 Å². The summed E-state index contributed by atoms with van der Waals surface area (Å²) >= 11 is 1.33. The molecule has 2 aromatic heterocycles. The predicted molar refractivity (Wildman–Crippen MR) is 83.1 cm³/mol. The van der Waals surface area contributed by atoms with Gasteiger partial charge in [-0.15, -0.1) is 11.3 Å². The van der Waals surface area contributed by atoms with Crippen molar-refractivity contribution in [3.63, 3.8) is 0 Å². The van der Waals surface area contributed by atoms with E-state index in [0.717, 1.165) is 16.4 Å². The lowest BCUT2D eigenvalue weighted by molar-refractivity contribution is -0.147. The number of amides is 1. The van der Waals surface area contributed by atoms with Crippen LogP contribution in [0.5, 0.6) is 0 Å². The zero-order valence-electron chi connectivity index (χ0n) is 12.5.